The quantitative estimate of drug-likeness (QED) is 0.182. The number of nitrogens with zero attached hydrogens (tertiary/aromatic N) is 3. The minimum absolute atomic E-state index is 0.906. The smallest absolute Gasteiger partial charge is 0.145 e. The molecule has 4 nitrogen and oxygen atoms in total. The molecule has 0 fully saturated rings. The summed E-state index contributed by atoms with van der Waals surface area (Å²) < 4.78 is 10.8. The SMILES string of the molecule is c1ccc(-c2nc3ccccc3n2-c2ccc(-c3ccc4c5c3ccc3cccc(c35)n4-c3ccc4oc5ccccc5c4c3)cc2)cc1. The Labute approximate surface area is 281 Å². The summed E-state index contributed by atoms with van der Waals surface area (Å²) in [6, 6.07) is 58.3. The van der Waals surface area contributed by atoms with E-state index in [1.807, 2.05) is 24.3 Å². The molecule has 11 rings (SSSR count). The Hall–Kier alpha value is -6.65. The van der Waals surface area contributed by atoms with Crippen LogP contribution >= 0.6 is 0 Å². The lowest BCUT2D eigenvalue weighted by atomic mass is 9.94. The number of para-hydroxylation sites is 3. The van der Waals surface area contributed by atoms with Gasteiger partial charge in [-0.15, -0.1) is 0 Å². The van der Waals surface area contributed by atoms with E-state index in [9.17, 15) is 0 Å². The Morgan fingerprint density at radius 2 is 1.18 bits per heavy atom. The summed E-state index contributed by atoms with van der Waals surface area (Å²) in [5, 5.41) is 7.35. The molecule has 0 aliphatic carbocycles. The van der Waals surface area contributed by atoms with Crippen LogP contribution in [0.25, 0.3) is 99.4 Å². The van der Waals surface area contributed by atoms with Crippen LogP contribution in [0.3, 0.4) is 0 Å². The first kappa shape index (κ1) is 26.4. The number of furan rings is 1. The molecule has 0 aliphatic rings. The fraction of sp³-hybridized carbons (Fsp3) is 0. The van der Waals surface area contributed by atoms with Crippen molar-refractivity contribution in [1.82, 2.24) is 14.1 Å². The topological polar surface area (TPSA) is 35.9 Å². The van der Waals surface area contributed by atoms with Crippen molar-refractivity contribution in [1.29, 1.82) is 0 Å². The predicted octanol–water partition coefficient (Wildman–Crippen LogP) is 11.9. The molecule has 0 amide bonds. The fourth-order valence-electron chi connectivity index (χ4n) is 7.93. The summed E-state index contributed by atoms with van der Waals surface area (Å²) >= 11 is 0. The Morgan fingerprint density at radius 1 is 0.429 bits per heavy atom. The summed E-state index contributed by atoms with van der Waals surface area (Å²) in [5.74, 6) is 0.941. The van der Waals surface area contributed by atoms with Crippen molar-refractivity contribution in [2.45, 2.75) is 0 Å². The summed E-state index contributed by atoms with van der Waals surface area (Å²) in [7, 11) is 0. The van der Waals surface area contributed by atoms with Crippen LogP contribution in [0.5, 0.6) is 0 Å². The van der Waals surface area contributed by atoms with Crippen molar-refractivity contribution in [2.75, 3.05) is 0 Å². The average molecular weight is 626 g/mol. The maximum absolute atomic E-state index is 6.17. The van der Waals surface area contributed by atoms with Crippen molar-refractivity contribution < 1.29 is 4.42 Å². The number of hydrogen-bond acceptors (Lipinski definition) is 2. The Bertz CT molecular complexity index is 3030. The van der Waals surface area contributed by atoms with Gasteiger partial charge in [0.05, 0.1) is 22.1 Å². The predicted molar refractivity (Wildman–Crippen MR) is 202 cm³/mol. The van der Waals surface area contributed by atoms with Crippen LogP contribution < -0.4 is 0 Å². The van der Waals surface area contributed by atoms with Crippen molar-refractivity contribution in [3.05, 3.63) is 164 Å². The van der Waals surface area contributed by atoms with Gasteiger partial charge in [0.15, 0.2) is 0 Å². The van der Waals surface area contributed by atoms with Gasteiger partial charge in [0.1, 0.15) is 17.0 Å². The molecule has 0 radical (unpaired) electrons. The molecule has 0 unspecified atom stereocenters. The Morgan fingerprint density at radius 3 is 2.10 bits per heavy atom. The fourth-order valence-corrected chi connectivity index (χ4v) is 7.93. The van der Waals surface area contributed by atoms with Gasteiger partial charge in [-0.1, -0.05) is 103 Å². The first-order chi connectivity index (χ1) is 24.3. The highest BCUT2D eigenvalue weighted by Gasteiger charge is 2.20. The summed E-state index contributed by atoms with van der Waals surface area (Å²) in [6.45, 7) is 0. The lowest BCUT2D eigenvalue weighted by Crippen LogP contribution is -1.97. The summed E-state index contributed by atoms with van der Waals surface area (Å²) in [5.41, 5.74) is 12.0. The minimum atomic E-state index is 0.906. The lowest BCUT2D eigenvalue weighted by Gasteiger charge is -2.13. The largest absolute Gasteiger partial charge is 0.456 e. The molecule has 4 heteroatoms. The number of imidazole rings is 1. The number of aromatic nitrogens is 3. The van der Waals surface area contributed by atoms with Gasteiger partial charge >= 0.3 is 0 Å². The zero-order valence-corrected chi connectivity index (χ0v) is 26.3. The molecule has 11 aromatic rings. The molecule has 3 heterocycles. The van der Waals surface area contributed by atoms with E-state index in [4.69, 9.17) is 9.40 Å². The van der Waals surface area contributed by atoms with Crippen molar-refractivity contribution >= 4 is 65.6 Å². The molecule has 0 saturated heterocycles. The van der Waals surface area contributed by atoms with Crippen LogP contribution in [0.1, 0.15) is 0 Å². The molecule has 0 atom stereocenters. The number of fused-ring (bicyclic) bond motifs is 4. The van der Waals surface area contributed by atoms with Gasteiger partial charge in [-0.2, -0.15) is 0 Å². The van der Waals surface area contributed by atoms with E-state index < -0.39 is 0 Å². The Kier molecular flexibility index (Phi) is 5.35. The molecule has 0 aliphatic heterocycles. The molecular formula is C45H27N3O. The molecule has 228 valence electrons. The van der Waals surface area contributed by atoms with Gasteiger partial charge in [0.25, 0.3) is 0 Å². The third kappa shape index (κ3) is 3.77. The highest BCUT2D eigenvalue weighted by atomic mass is 16.3. The summed E-state index contributed by atoms with van der Waals surface area (Å²) in [4.78, 5) is 5.04. The molecule has 0 saturated carbocycles. The van der Waals surface area contributed by atoms with Gasteiger partial charge in [-0.05, 0) is 82.6 Å². The molecule has 0 bridgehead atoms. The monoisotopic (exact) mass is 625 g/mol. The first-order valence-corrected chi connectivity index (χ1v) is 16.6. The van der Waals surface area contributed by atoms with Crippen LogP contribution in [-0.2, 0) is 0 Å². The summed E-state index contributed by atoms with van der Waals surface area (Å²) in [6.07, 6.45) is 0. The van der Waals surface area contributed by atoms with E-state index in [1.54, 1.807) is 0 Å². The van der Waals surface area contributed by atoms with Crippen LogP contribution in [0, 0.1) is 0 Å². The molecule has 3 aromatic heterocycles. The minimum Gasteiger partial charge on any atom is -0.456 e. The third-order valence-electron chi connectivity index (χ3n) is 10.1. The number of benzene rings is 8. The molecule has 49 heavy (non-hydrogen) atoms. The maximum Gasteiger partial charge on any atom is 0.145 e. The van der Waals surface area contributed by atoms with E-state index in [0.29, 0.717) is 0 Å². The van der Waals surface area contributed by atoms with Crippen molar-refractivity contribution in [3.63, 3.8) is 0 Å². The van der Waals surface area contributed by atoms with E-state index >= 15 is 0 Å². The standard InChI is InChI=1S/C45H27N3O/c1-2-9-30(10-3-1)45-46-37-13-5-6-14-38(37)48(45)31-20-17-28(18-21-31)33-24-25-40-44-35(33)23-19-29-11-8-15-39(43(29)44)47(40)32-22-26-42-36(27-32)34-12-4-7-16-41(34)49-42/h1-27H. The number of hydrogen-bond donors (Lipinski definition) is 0. The first-order valence-electron chi connectivity index (χ1n) is 16.6. The van der Waals surface area contributed by atoms with Gasteiger partial charge in [0, 0.05) is 38.5 Å². The molecule has 0 N–H and O–H groups in total. The molecule has 8 aromatic carbocycles. The Balaban J connectivity index is 1.09. The van der Waals surface area contributed by atoms with E-state index in [2.05, 4.69) is 149 Å². The second-order valence-electron chi connectivity index (χ2n) is 12.8. The van der Waals surface area contributed by atoms with Gasteiger partial charge in [-0.25, -0.2) is 4.98 Å². The van der Waals surface area contributed by atoms with Crippen molar-refractivity contribution in [2.24, 2.45) is 0 Å². The van der Waals surface area contributed by atoms with Crippen LogP contribution in [0.2, 0.25) is 0 Å². The van der Waals surface area contributed by atoms with E-state index in [-0.39, 0.29) is 0 Å². The van der Waals surface area contributed by atoms with Gasteiger partial charge in [0.2, 0.25) is 0 Å². The van der Waals surface area contributed by atoms with Crippen LogP contribution in [0.15, 0.2) is 168 Å². The van der Waals surface area contributed by atoms with Crippen LogP contribution in [0.4, 0.5) is 0 Å². The molecular weight excluding hydrogens is 599 g/mol. The zero-order chi connectivity index (χ0) is 32.1. The third-order valence-corrected chi connectivity index (χ3v) is 10.1. The second kappa shape index (κ2) is 9.93. The highest BCUT2D eigenvalue weighted by molar-refractivity contribution is 6.26. The van der Waals surface area contributed by atoms with Crippen molar-refractivity contribution in [3.8, 4) is 33.9 Å². The van der Waals surface area contributed by atoms with Crippen LogP contribution in [-0.4, -0.2) is 14.1 Å². The average Bonchev–Trinajstić information content (AvgIpc) is 3.84. The highest BCUT2D eigenvalue weighted by Crippen LogP contribution is 2.43. The molecule has 0 spiro atoms. The maximum atomic E-state index is 6.17. The zero-order valence-electron chi connectivity index (χ0n) is 26.3. The van der Waals surface area contributed by atoms with E-state index in [0.717, 1.165) is 55.7 Å². The van der Waals surface area contributed by atoms with E-state index in [1.165, 1.54) is 43.7 Å². The van der Waals surface area contributed by atoms with Gasteiger partial charge < -0.3 is 8.98 Å². The normalized spacial score (nSPS) is 12.1. The number of rotatable bonds is 4. The second-order valence-corrected chi connectivity index (χ2v) is 12.8. The lowest BCUT2D eigenvalue weighted by molar-refractivity contribution is 0.669. The van der Waals surface area contributed by atoms with Gasteiger partial charge in [-0.3, -0.25) is 4.57 Å².